The molecule has 1 heterocycles. The predicted molar refractivity (Wildman–Crippen MR) is 105 cm³/mol. The smallest absolute Gasteiger partial charge is 0.143 e. The van der Waals surface area contributed by atoms with E-state index in [1.807, 2.05) is 12.1 Å². The summed E-state index contributed by atoms with van der Waals surface area (Å²) in [7, 11) is 0. The van der Waals surface area contributed by atoms with Gasteiger partial charge < -0.3 is 4.98 Å². The first-order valence-corrected chi connectivity index (χ1v) is 9.38. The van der Waals surface area contributed by atoms with Crippen molar-refractivity contribution in [1.82, 2.24) is 4.98 Å². The zero-order valence-corrected chi connectivity index (χ0v) is 15.8. The van der Waals surface area contributed by atoms with Gasteiger partial charge in [0.15, 0.2) is 0 Å². The molecule has 0 aliphatic rings. The molecule has 3 aromatic rings. The van der Waals surface area contributed by atoms with E-state index in [2.05, 4.69) is 37.0 Å². The van der Waals surface area contributed by atoms with Gasteiger partial charge in [-0.2, -0.15) is 5.26 Å². The molecule has 2 nitrogen and oxygen atoms in total. The third kappa shape index (κ3) is 3.61. The van der Waals surface area contributed by atoms with Gasteiger partial charge in [-0.15, -0.1) is 0 Å². The lowest BCUT2D eigenvalue weighted by molar-refractivity contribution is 0.630. The number of H-pyrrole nitrogens is 1. The number of aromatic nitrogens is 1. The third-order valence-electron chi connectivity index (χ3n) is 4.96. The van der Waals surface area contributed by atoms with E-state index in [9.17, 15) is 4.39 Å². The predicted octanol–water partition coefficient (Wildman–Crippen LogP) is 6.52. The van der Waals surface area contributed by atoms with E-state index in [4.69, 9.17) is 16.9 Å². The highest BCUT2D eigenvalue weighted by Crippen LogP contribution is 2.35. The Morgan fingerprint density at radius 1 is 1.23 bits per heavy atom. The van der Waals surface area contributed by atoms with Gasteiger partial charge in [-0.3, -0.25) is 0 Å². The molecule has 0 aliphatic carbocycles. The van der Waals surface area contributed by atoms with E-state index in [-0.39, 0.29) is 10.9 Å². The van der Waals surface area contributed by atoms with Crippen LogP contribution in [0.1, 0.15) is 55.0 Å². The van der Waals surface area contributed by atoms with Crippen molar-refractivity contribution in [2.24, 2.45) is 0 Å². The Hall–Kier alpha value is -2.31. The van der Waals surface area contributed by atoms with Crippen molar-refractivity contribution >= 4 is 22.5 Å². The van der Waals surface area contributed by atoms with Gasteiger partial charge in [-0.1, -0.05) is 56.1 Å². The number of fused-ring (bicyclic) bond motifs is 1. The summed E-state index contributed by atoms with van der Waals surface area (Å²) in [6.07, 6.45) is 3.52. The van der Waals surface area contributed by atoms with Crippen molar-refractivity contribution in [1.29, 1.82) is 5.26 Å². The first-order valence-electron chi connectivity index (χ1n) is 9.00. The second-order valence-electron chi connectivity index (χ2n) is 6.73. The Bertz CT molecular complexity index is 951. The molecular formula is C22H22ClFN2. The van der Waals surface area contributed by atoms with Crippen molar-refractivity contribution < 1.29 is 4.39 Å². The fourth-order valence-corrected chi connectivity index (χ4v) is 3.60. The van der Waals surface area contributed by atoms with Crippen LogP contribution >= 0.6 is 11.6 Å². The van der Waals surface area contributed by atoms with Crippen LogP contribution in [0.15, 0.2) is 36.4 Å². The molecule has 3 rings (SSSR count). The average molecular weight is 369 g/mol. The van der Waals surface area contributed by atoms with Crippen LogP contribution in [0.25, 0.3) is 10.9 Å². The van der Waals surface area contributed by atoms with Crippen LogP contribution in [0.2, 0.25) is 5.02 Å². The van der Waals surface area contributed by atoms with Gasteiger partial charge in [0.1, 0.15) is 5.82 Å². The number of benzene rings is 2. The zero-order chi connectivity index (χ0) is 18.7. The minimum Gasteiger partial charge on any atom is -0.358 e. The molecule has 1 N–H and O–H groups in total. The SMILES string of the molecule is CCCCc1c(C(C)c2ccc(CC#N)cc2)[nH]c2cc(F)c(Cl)cc12. The van der Waals surface area contributed by atoms with E-state index < -0.39 is 5.82 Å². The lowest BCUT2D eigenvalue weighted by Crippen LogP contribution is -2.01. The lowest BCUT2D eigenvalue weighted by atomic mass is 9.92. The van der Waals surface area contributed by atoms with Crippen molar-refractivity contribution in [3.05, 3.63) is 69.6 Å². The molecule has 134 valence electrons. The van der Waals surface area contributed by atoms with E-state index >= 15 is 0 Å². The molecule has 1 atom stereocenters. The maximum absolute atomic E-state index is 13.9. The first kappa shape index (κ1) is 18.5. The third-order valence-corrected chi connectivity index (χ3v) is 5.25. The van der Waals surface area contributed by atoms with E-state index in [0.717, 1.165) is 41.4 Å². The fraction of sp³-hybridized carbons (Fsp3) is 0.318. The Labute approximate surface area is 158 Å². The molecule has 4 heteroatoms. The van der Waals surface area contributed by atoms with Gasteiger partial charge >= 0.3 is 0 Å². The molecule has 0 fully saturated rings. The number of hydrogen-bond acceptors (Lipinski definition) is 1. The molecule has 0 radical (unpaired) electrons. The van der Waals surface area contributed by atoms with Gasteiger partial charge in [0, 0.05) is 22.5 Å². The van der Waals surface area contributed by atoms with E-state index in [1.54, 1.807) is 6.07 Å². The monoisotopic (exact) mass is 368 g/mol. The molecule has 1 unspecified atom stereocenters. The first-order chi connectivity index (χ1) is 12.5. The van der Waals surface area contributed by atoms with Gasteiger partial charge in [0.2, 0.25) is 0 Å². The summed E-state index contributed by atoms with van der Waals surface area (Å²) in [4.78, 5) is 3.43. The highest BCUT2D eigenvalue weighted by molar-refractivity contribution is 6.31. The van der Waals surface area contributed by atoms with Gasteiger partial charge in [0.05, 0.1) is 17.5 Å². The second kappa shape index (κ2) is 7.93. The molecule has 0 aliphatic heterocycles. The van der Waals surface area contributed by atoms with Crippen molar-refractivity contribution in [3.63, 3.8) is 0 Å². The van der Waals surface area contributed by atoms with Crippen LogP contribution in [-0.2, 0) is 12.8 Å². The number of nitriles is 1. The number of nitrogens with one attached hydrogen (secondary N) is 1. The molecule has 1 aromatic heterocycles. The Morgan fingerprint density at radius 3 is 2.62 bits per heavy atom. The molecular weight excluding hydrogens is 347 g/mol. The molecule has 0 amide bonds. The quantitative estimate of drug-likeness (QED) is 0.528. The van der Waals surface area contributed by atoms with Gasteiger partial charge in [-0.25, -0.2) is 4.39 Å². The number of halogens is 2. The van der Waals surface area contributed by atoms with E-state index in [0.29, 0.717) is 6.42 Å². The van der Waals surface area contributed by atoms with Crippen LogP contribution in [0.3, 0.4) is 0 Å². The highest BCUT2D eigenvalue weighted by atomic mass is 35.5. The molecule has 0 bridgehead atoms. The van der Waals surface area contributed by atoms with E-state index in [1.165, 1.54) is 17.2 Å². The van der Waals surface area contributed by atoms with Gasteiger partial charge in [-0.05, 0) is 41.7 Å². The Kier molecular flexibility index (Phi) is 5.64. The van der Waals surface area contributed by atoms with Crippen LogP contribution in [0, 0.1) is 17.1 Å². The summed E-state index contributed by atoms with van der Waals surface area (Å²) in [5.74, 6) is -0.255. The number of rotatable bonds is 6. The summed E-state index contributed by atoms with van der Waals surface area (Å²) >= 11 is 6.03. The summed E-state index contributed by atoms with van der Waals surface area (Å²) in [5.41, 5.74) is 5.31. The Morgan fingerprint density at radius 2 is 1.96 bits per heavy atom. The summed E-state index contributed by atoms with van der Waals surface area (Å²) < 4.78 is 13.9. The zero-order valence-electron chi connectivity index (χ0n) is 15.1. The van der Waals surface area contributed by atoms with Gasteiger partial charge in [0.25, 0.3) is 0 Å². The maximum Gasteiger partial charge on any atom is 0.143 e. The summed E-state index contributed by atoms with van der Waals surface area (Å²) in [6, 6.07) is 13.5. The van der Waals surface area contributed by atoms with Crippen LogP contribution in [0.5, 0.6) is 0 Å². The second-order valence-corrected chi connectivity index (χ2v) is 7.14. The molecule has 26 heavy (non-hydrogen) atoms. The molecule has 0 spiro atoms. The largest absolute Gasteiger partial charge is 0.358 e. The number of nitrogens with zero attached hydrogens (tertiary/aromatic N) is 1. The Balaban J connectivity index is 2.05. The standard InChI is InChI=1S/C22H22ClFN2/c1-3-4-5-17-18-12-19(23)20(24)13-21(18)26-22(17)14(2)16-8-6-15(7-9-16)10-11-25/h6-9,12-14,26H,3-5,10H2,1-2H3. The van der Waals surface area contributed by atoms with Crippen LogP contribution in [0.4, 0.5) is 4.39 Å². The molecule has 2 aromatic carbocycles. The normalized spacial score (nSPS) is 12.3. The summed E-state index contributed by atoms with van der Waals surface area (Å²) in [5, 5.41) is 9.99. The minimum atomic E-state index is -0.400. The topological polar surface area (TPSA) is 39.6 Å². The number of aryl methyl sites for hydroxylation is 1. The maximum atomic E-state index is 13.9. The van der Waals surface area contributed by atoms with Crippen LogP contribution in [-0.4, -0.2) is 4.98 Å². The lowest BCUT2D eigenvalue weighted by Gasteiger charge is -2.14. The average Bonchev–Trinajstić information content (AvgIpc) is 2.98. The van der Waals surface area contributed by atoms with Crippen molar-refractivity contribution in [2.75, 3.05) is 0 Å². The summed E-state index contributed by atoms with van der Waals surface area (Å²) in [6.45, 7) is 4.32. The van der Waals surface area contributed by atoms with Crippen molar-refractivity contribution in [2.45, 2.75) is 45.4 Å². The number of hydrogen-bond donors (Lipinski definition) is 1. The molecule has 0 saturated heterocycles. The minimum absolute atomic E-state index is 0.146. The number of aromatic amines is 1. The fourth-order valence-electron chi connectivity index (χ4n) is 3.44. The number of unbranched alkanes of at least 4 members (excludes halogenated alkanes) is 1. The highest BCUT2D eigenvalue weighted by Gasteiger charge is 2.19. The van der Waals surface area contributed by atoms with Crippen molar-refractivity contribution in [3.8, 4) is 6.07 Å². The van der Waals surface area contributed by atoms with Crippen LogP contribution < -0.4 is 0 Å². The molecule has 0 saturated carbocycles.